The number of rotatable bonds is 4. The summed E-state index contributed by atoms with van der Waals surface area (Å²) in [6, 6.07) is 15.1. The van der Waals surface area contributed by atoms with Crippen LogP contribution in [0, 0.1) is 6.92 Å². The van der Waals surface area contributed by atoms with E-state index in [-0.39, 0.29) is 0 Å². The number of nitrogens with zero attached hydrogens (tertiary/aromatic N) is 2. The summed E-state index contributed by atoms with van der Waals surface area (Å²) in [5, 5.41) is 11.8. The molecular formula is C22H25F2N2OS+. The number of alkyl halides is 2. The molecule has 2 aliphatic rings. The SMILES string of the molecule is Cc1ccc(N2C3=[N+](CCCCC3)C[C@@]2(O)c2ccc(SC(F)F)cc2)cc1. The minimum atomic E-state index is -2.45. The second-order valence-corrected chi connectivity index (χ2v) is 8.60. The fourth-order valence-electron chi connectivity index (χ4n) is 4.20. The molecule has 28 heavy (non-hydrogen) atoms. The van der Waals surface area contributed by atoms with Gasteiger partial charge in [-0.25, -0.2) is 0 Å². The number of anilines is 1. The van der Waals surface area contributed by atoms with Gasteiger partial charge in [0.15, 0.2) is 6.54 Å². The van der Waals surface area contributed by atoms with Crippen LogP contribution in [0.5, 0.6) is 0 Å². The molecule has 2 aliphatic heterocycles. The molecule has 0 unspecified atom stereocenters. The van der Waals surface area contributed by atoms with E-state index in [9.17, 15) is 13.9 Å². The van der Waals surface area contributed by atoms with Gasteiger partial charge in [0.1, 0.15) is 5.69 Å². The highest BCUT2D eigenvalue weighted by molar-refractivity contribution is 7.99. The maximum atomic E-state index is 12.6. The second-order valence-electron chi connectivity index (χ2n) is 7.54. The summed E-state index contributed by atoms with van der Waals surface area (Å²) in [6.07, 6.45) is 4.34. The van der Waals surface area contributed by atoms with Crippen LogP contribution >= 0.6 is 11.8 Å². The van der Waals surface area contributed by atoms with Gasteiger partial charge in [-0.1, -0.05) is 41.6 Å². The van der Waals surface area contributed by atoms with Gasteiger partial charge in [-0.15, -0.1) is 0 Å². The van der Waals surface area contributed by atoms with Gasteiger partial charge in [-0.2, -0.15) is 13.7 Å². The van der Waals surface area contributed by atoms with Crippen molar-refractivity contribution in [3.05, 3.63) is 59.7 Å². The van der Waals surface area contributed by atoms with Gasteiger partial charge in [0.25, 0.3) is 17.3 Å². The molecule has 148 valence electrons. The molecule has 0 fully saturated rings. The molecule has 0 spiro atoms. The maximum Gasteiger partial charge on any atom is 0.288 e. The normalized spacial score (nSPS) is 22.5. The van der Waals surface area contributed by atoms with Crippen LogP contribution in [0.15, 0.2) is 53.4 Å². The van der Waals surface area contributed by atoms with Crippen molar-refractivity contribution in [3.8, 4) is 0 Å². The predicted octanol–water partition coefficient (Wildman–Crippen LogP) is 4.96. The van der Waals surface area contributed by atoms with E-state index in [0.717, 1.165) is 42.9 Å². The molecule has 0 amide bonds. The lowest BCUT2D eigenvalue weighted by Crippen LogP contribution is -2.47. The monoisotopic (exact) mass is 403 g/mol. The third-order valence-corrected chi connectivity index (χ3v) is 6.29. The van der Waals surface area contributed by atoms with Crippen molar-refractivity contribution in [1.29, 1.82) is 0 Å². The van der Waals surface area contributed by atoms with E-state index >= 15 is 0 Å². The molecular weight excluding hydrogens is 378 g/mol. The van der Waals surface area contributed by atoms with Gasteiger partial charge < -0.3 is 5.11 Å². The Morgan fingerprint density at radius 2 is 1.75 bits per heavy atom. The number of benzene rings is 2. The minimum absolute atomic E-state index is 0.484. The van der Waals surface area contributed by atoms with Crippen molar-refractivity contribution < 1.29 is 18.5 Å². The van der Waals surface area contributed by atoms with Gasteiger partial charge >= 0.3 is 0 Å². The molecule has 4 rings (SSSR count). The van der Waals surface area contributed by atoms with Gasteiger partial charge in [0, 0.05) is 16.9 Å². The first-order valence-electron chi connectivity index (χ1n) is 9.73. The number of hydrogen-bond acceptors (Lipinski definition) is 3. The number of aliphatic hydroxyl groups is 1. The Labute approximate surface area is 168 Å². The topological polar surface area (TPSA) is 26.5 Å². The number of amidine groups is 1. The maximum absolute atomic E-state index is 12.6. The van der Waals surface area contributed by atoms with Crippen molar-refractivity contribution in [2.45, 2.75) is 49.0 Å². The average Bonchev–Trinajstić information content (AvgIpc) is 2.79. The molecule has 0 aromatic heterocycles. The molecule has 0 radical (unpaired) electrons. The van der Waals surface area contributed by atoms with Crippen LogP contribution in [0.3, 0.4) is 0 Å². The van der Waals surface area contributed by atoms with Crippen LogP contribution in [-0.2, 0) is 5.72 Å². The molecule has 1 atom stereocenters. The standard InChI is InChI=1S/C22H25F2N2OS/c1-16-6-10-18(11-7-16)26-20-5-3-2-4-14-25(20)15-22(26,27)17-8-12-19(13-9-17)28-21(23)24/h6-13,21,27H,2-5,14-15H2,1H3/q+1/t22-/m1/s1. The Kier molecular flexibility index (Phi) is 5.43. The van der Waals surface area contributed by atoms with Crippen molar-refractivity contribution >= 4 is 23.3 Å². The second kappa shape index (κ2) is 7.84. The number of halogens is 2. The first kappa shape index (κ1) is 19.4. The Morgan fingerprint density at radius 1 is 1.04 bits per heavy atom. The van der Waals surface area contributed by atoms with Gasteiger partial charge in [-0.3, -0.25) is 4.58 Å². The molecule has 3 nitrogen and oxygen atoms in total. The molecule has 0 saturated carbocycles. The van der Waals surface area contributed by atoms with Gasteiger partial charge in [-0.05, 0) is 50.5 Å². The van der Waals surface area contributed by atoms with Crippen LogP contribution in [0.2, 0.25) is 0 Å². The van der Waals surface area contributed by atoms with E-state index in [1.165, 1.54) is 12.0 Å². The van der Waals surface area contributed by atoms with Crippen LogP contribution in [0.1, 0.15) is 36.8 Å². The van der Waals surface area contributed by atoms with E-state index < -0.39 is 11.5 Å². The fraction of sp³-hybridized carbons (Fsp3) is 0.409. The first-order valence-corrected chi connectivity index (χ1v) is 10.6. The van der Waals surface area contributed by atoms with E-state index in [1.807, 2.05) is 24.0 Å². The molecule has 1 N–H and O–H groups in total. The summed E-state index contributed by atoms with van der Waals surface area (Å²) in [7, 11) is 0. The highest BCUT2D eigenvalue weighted by Crippen LogP contribution is 2.38. The molecule has 2 aromatic carbocycles. The summed E-state index contributed by atoms with van der Waals surface area (Å²) >= 11 is 0.526. The van der Waals surface area contributed by atoms with Crippen molar-refractivity contribution in [2.24, 2.45) is 0 Å². The average molecular weight is 404 g/mol. The quantitative estimate of drug-likeness (QED) is 0.577. The summed E-state index contributed by atoms with van der Waals surface area (Å²) in [6.45, 7) is 3.46. The van der Waals surface area contributed by atoms with E-state index in [0.29, 0.717) is 23.2 Å². The molecule has 6 heteroatoms. The lowest BCUT2D eigenvalue weighted by atomic mass is 10.00. The molecule has 0 bridgehead atoms. The zero-order valence-electron chi connectivity index (χ0n) is 15.9. The third-order valence-electron chi connectivity index (χ3n) is 5.57. The predicted molar refractivity (Wildman–Crippen MR) is 109 cm³/mol. The van der Waals surface area contributed by atoms with Crippen LogP contribution in [0.4, 0.5) is 14.5 Å². The smallest absolute Gasteiger partial charge is 0.288 e. The van der Waals surface area contributed by atoms with Gasteiger partial charge in [0.05, 0.1) is 6.54 Å². The third kappa shape index (κ3) is 3.67. The van der Waals surface area contributed by atoms with Gasteiger partial charge in [0.2, 0.25) is 0 Å². The minimum Gasteiger partial charge on any atom is -0.346 e. The van der Waals surface area contributed by atoms with Crippen LogP contribution < -0.4 is 4.90 Å². The highest BCUT2D eigenvalue weighted by Gasteiger charge is 2.53. The number of aryl methyl sites for hydroxylation is 1. The lowest BCUT2D eigenvalue weighted by Gasteiger charge is -2.29. The highest BCUT2D eigenvalue weighted by atomic mass is 32.2. The summed E-state index contributed by atoms with van der Waals surface area (Å²) in [4.78, 5) is 2.55. The first-order chi connectivity index (χ1) is 13.5. The van der Waals surface area contributed by atoms with Crippen molar-refractivity contribution in [3.63, 3.8) is 0 Å². The summed E-state index contributed by atoms with van der Waals surface area (Å²) < 4.78 is 27.6. The van der Waals surface area contributed by atoms with Crippen LogP contribution in [0.25, 0.3) is 0 Å². The summed E-state index contributed by atoms with van der Waals surface area (Å²) in [5.41, 5.74) is 1.64. The molecule has 2 aromatic rings. The Balaban J connectivity index is 1.74. The Morgan fingerprint density at radius 3 is 2.43 bits per heavy atom. The Hall–Kier alpha value is -1.92. The zero-order valence-corrected chi connectivity index (χ0v) is 16.8. The largest absolute Gasteiger partial charge is 0.346 e. The van der Waals surface area contributed by atoms with E-state index in [4.69, 9.17) is 0 Å². The number of thioether (sulfide) groups is 1. The lowest BCUT2D eigenvalue weighted by molar-refractivity contribution is -0.534. The molecule has 0 saturated heterocycles. The summed E-state index contributed by atoms with van der Waals surface area (Å²) in [5.74, 6) is -1.30. The Bertz CT molecular complexity index is 867. The van der Waals surface area contributed by atoms with E-state index in [2.05, 4.69) is 16.7 Å². The van der Waals surface area contributed by atoms with Crippen molar-refractivity contribution in [2.75, 3.05) is 18.0 Å². The van der Waals surface area contributed by atoms with E-state index in [1.54, 1.807) is 24.3 Å². The zero-order chi connectivity index (χ0) is 19.7. The van der Waals surface area contributed by atoms with Crippen LogP contribution in [-0.4, -0.2) is 34.4 Å². The van der Waals surface area contributed by atoms with Crippen molar-refractivity contribution in [1.82, 2.24) is 0 Å². The molecule has 2 heterocycles. The molecule has 0 aliphatic carbocycles. The fourth-order valence-corrected chi connectivity index (χ4v) is 4.70. The number of hydrogen-bond donors (Lipinski definition) is 1.